The fourth-order valence-corrected chi connectivity index (χ4v) is 3.67. The molecule has 0 atom stereocenters. The standard InChI is InChI=1S/C17H17ClN4O/c18-15-10-14(12-7-4-8-19-17(12)20-15)22-16(23)9-13(21-22)11-5-2-1-3-6-11/h4,7-8,10-11H,1-3,5-6,9H2. The first-order chi connectivity index (χ1) is 11.2. The van der Waals surface area contributed by atoms with Gasteiger partial charge in [-0.3, -0.25) is 4.79 Å². The number of nitrogens with zero attached hydrogens (tertiary/aromatic N) is 4. The summed E-state index contributed by atoms with van der Waals surface area (Å²) in [5.74, 6) is 0.442. The van der Waals surface area contributed by atoms with Gasteiger partial charge in [-0.05, 0) is 30.9 Å². The summed E-state index contributed by atoms with van der Waals surface area (Å²) in [6.45, 7) is 0. The van der Waals surface area contributed by atoms with Crippen LogP contribution in [0, 0.1) is 5.92 Å². The van der Waals surface area contributed by atoms with Crippen LogP contribution in [0.4, 0.5) is 5.69 Å². The minimum absolute atomic E-state index is 0.00186. The molecule has 118 valence electrons. The Hall–Kier alpha value is -2.01. The van der Waals surface area contributed by atoms with Crippen LogP contribution in [0.2, 0.25) is 5.15 Å². The van der Waals surface area contributed by atoms with Gasteiger partial charge >= 0.3 is 0 Å². The molecule has 1 amide bonds. The Morgan fingerprint density at radius 2 is 2.04 bits per heavy atom. The lowest BCUT2D eigenvalue weighted by Gasteiger charge is -2.20. The summed E-state index contributed by atoms with van der Waals surface area (Å²) >= 11 is 6.10. The molecule has 23 heavy (non-hydrogen) atoms. The Morgan fingerprint density at radius 3 is 2.87 bits per heavy atom. The molecule has 0 aromatic carbocycles. The molecule has 1 aliphatic heterocycles. The molecule has 0 bridgehead atoms. The maximum Gasteiger partial charge on any atom is 0.253 e. The molecule has 0 spiro atoms. The Bertz CT molecular complexity index is 798. The van der Waals surface area contributed by atoms with Gasteiger partial charge in [0.15, 0.2) is 5.65 Å². The lowest BCUT2D eigenvalue weighted by atomic mass is 9.85. The SMILES string of the molecule is O=C1CC(C2CCCCC2)=NN1c1cc(Cl)nc2ncccc12. The molecular formula is C17H17ClN4O. The van der Waals surface area contributed by atoms with Crippen molar-refractivity contribution in [3.8, 4) is 0 Å². The van der Waals surface area contributed by atoms with E-state index in [2.05, 4.69) is 15.1 Å². The van der Waals surface area contributed by atoms with Crippen molar-refractivity contribution in [1.29, 1.82) is 0 Å². The number of carbonyl (C=O) groups is 1. The van der Waals surface area contributed by atoms with Crippen LogP contribution in [0.25, 0.3) is 11.0 Å². The maximum absolute atomic E-state index is 12.5. The van der Waals surface area contributed by atoms with Gasteiger partial charge in [0, 0.05) is 17.6 Å². The van der Waals surface area contributed by atoms with Crippen LogP contribution in [0.3, 0.4) is 0 Å². The Morgan fingerprint density at radius 1 is 1.22 bits per heavy atom. The van der Waals surface area contributed by atoms with Crippen molar-refractivity contribution in [2.45, 2.75) is 38.5 Å². The van der Waals surface area contributed by atoms with E-state index in [9.17, 15) is 4.79 Å². The summed E-state index contributed by atoms with van der Waals surface area (Å²) in [7, 11) is 0. The molecule has 2 aliphatic rings. The smallest absolute Gasteiger partial charge is 0.253 e. The van der Waals surface area contributed by atoms with Crippen molar-refractivity contribution in [1.82, 2.24) is 9.97 Å². The second-order valence-corrected chi connectivity index (χ2v) is 6.53. The lowest BCUT2D eigenvalue weighted by Crippen LogP contribution is -2.20. The lowest BCUT2D eigenvalue weighted by molar-refractivity contribution is -0.116. The molecule has 4 rings (SSSR count). The summed E-state index contributed by atoms with van der Waals surface area (Å²) < 4.78 is 0. The number of hydrogen-bond acceptors (Lipinski definition) is 4. The fourth-order valence-electron chi connectivity index (χ4n) is 3.48. The number of pyridine rings is 2. The molecule has 2 aromatic rings. The molecule has 0 radical (unpaired) electrons. The van der Waals surface area contributed by atoms with Gasteiger partial charge in [0.05, 0.1) is 17.8 Å². The molecule has 3 heterocycles. The molecule has 0 saturated heterocycles. The summed E-state index contributed by atoms with van der Waals surface area (Å²) in [4.78, 5) is 20.9. The second-order valence-electron chi connectivity index (χ2n) is 6.15. The number of amides is 1. The highest BCUT2D eigenvalue weighted by Crippen LogP contribution is 2.34. The number of carbonyl (C=O) groups excluding carboxylic acids is 1. The zero-order chi connectivity index (χ0) is 15.8. The minimum Gasteiger partial charge on any atom is -0.272 e. The Balaban J connectivity index is 1.75. The van der Waals surface area contributed by atoms with Crippen LogP contribution in [-0.4, -0.2) is 21.6 Å². The summed E-state index contributed by atoms with van der Waals surface area (Å²) in [5, 5.41) is 7.24. The monoisotopic (exact) mass is 328 g/mol. The molecule has 5 nitrogen and oxygen atoms in total. The minimum atomic E-state index is -0.00186. The first-order valence-corrected chi connectivity index (χ1v) is 8.42. The van der Waals surface area contributed by atoms with Crippen LogP contribution in [-0.2, 0) is 4.79 Å². The fraction of sp³-hybridized carbons (Fsp3) is 0.412. The normalized spacial score (nSPS) is 19.4. The van der Waals surface area contributed by atoms with Gasteiger partial charge in [0.1, 0.15) is 5.15 Å². The number of hydrogen-bond donors (Lipinski definition) is 0. The van der Waals surface area contributed by atoms with E-state index < -0.39 is 0 Å². The van der Waals surface area contributed by atoms with Gasteiger partial charge < -0.3 is 0 Å². The van der Waals surface area contributed by atoms with Crippen molar-refractivity contribution in [2.75, 3.05) is 5.01 Å². The highest BCUT2D eigenvalue weighted by Gasteiger charge is 2.31. The first-order valence-electron chi connectivity index (χ1n) is 8.04. The average Bonchev–Trinajstić information content (AvgIpc) is 2.96. The zero-order valence-electron chi connectivity index (χ0n) is 12.7. The second kappa shape index (κ2) is 5.89. The van der Waals surface area contributed by atoms with Crippen molar-refractivity contribution < 1.29 is 4.79 Å². The topological polar surface area (TPSA) is 58.5 Å². The predicted octanol–water partition coefficient (Wildman–Crippen LogP) is 3.96. The molecule has 1 fully saturated rings. The highest BCUT2D eigenvalue weighted by molar-refractivity contribution is 6.30. The van der Waals surface area contributed by atoms with Crippen LogP contribution < -0.4 is 5.01 Å². The Labute approximate surface area is 139 Å². The summed E-state index contributed by atoms with van der Waals surface area (Å²) in [6, 6.07) is 5.41. The van der Waals surface area contributed by atoms with E-state index >= 15 is 0 Å². The zero-order valence-corrected chi connectivity index (χ0v) is 13.5. The van der Waals surface area contributed by atoms with Crippen molar-refractivity contribution in [3.05, 3.63) is 29.5 Å². The van der Waals surface area contributed by atoms with Crippen molar-refractivity contribution in [3.63, 3.8) is 0 Å². The van der Waals surface area contributed by atoms with Crippen LogP contribution in [0.15, 0.2) is 29.5 Å². The maximum atomic E-state index is 12.5. The number of aromatic nitrogens is 2. The quantitative estimate of drug-likeness (QED) is 0.784. The van der Waals surface area contributed by atoms with E-state index in [0.29, 0.717) is 28.8 Å². The number of fused-ring (bicyclic) bond motifs is 1. The predicted molar refractivity (Wildman–Crippen MR) is 90.7 cm³/mol. The van der Waals surface area contributed by atoms with E-state index in [4.69, 9.17) is 11.6 Å². The van der Waals surface area contributed by atoms with E-state index in [1.54, 1.807) is 12.3 Å². The highest BCUT2D eigenvalue weighted by atomic mass is 35.5. The molecule has 0 N–H and O–H groups in total. The molecule has 1 saturated carbocycles. The van der Waals surface area contributed by atoms with Gasteiger partial charge in [-0.2, -0.15) is 10.1 Å². The molecule has 0 unspecified atom stereocenters. The van der Waals surface area contributed by atoms with E-state index in [-0.39, 0.29) is 5.91 Å². The summed E-state index contributed by atoms with van der Waals surface area (Å²) in [6.07, 6.45) is 8.10. The molecular weight excluding hydrogens is 312 g/mol. The third kappa shape index (κ3) is 2.70. The largest absolute Gasteiger partial charge is 0.272 e. The number of halogens is 1. The van der Waals surface area contributed by atoms with Crippen LogP contribution in [0.5, 0.6) is 0 Å². The van der Waals surface area contributed by atoms with Crippen molar-refractivity contribution in [2.24, 2.45) is 11.0 Å². The number of anilines is 1. The van der Waals surface area contributed by atoms with Gasteiger partial charge in [-0.15, -0.1) is 0 Å². The van der Waals surface area contributed by atoms with E-state index in [0.717, 1.165) is 23.9 Å². The molecule has 2 aromatic heterocycles. The van der Waals surface area contributed by atoms with Gasteiger partial charge in [-0.25, -0.2) is 9.97 Å². The van der Waals surface area contributed by atoms with E-state index in [1.165, 1.54) is 24.3 Å². The first kappa shape index (κ1) is 14.6. The third-order valence-electron chi connectivity index (χ3n) is 4.63. The number of hydrazone groups is 1. The van der Waals surface area contributed by atoms with Crippen LogP contribution >= 0.6 is 11.6 Å². The third-order valence-corrected chi connectivity index (χ3v) is 4.83. The van der Waals surface area contributed by atoms with Crippen LogP contribution in [0.1, 0.15) is 38.5 Å². The average molecular weight is 329 g/mol. The number of rotatable bonds is 2. The Kier molecular flexibility index (Phi) is 3.73. The van der Waals surface area contributed by atoms with Gasteiger partial charge in [0.25, 0.3) is 5.91 Å². The van der Waals surface area contributed by atoms with Crippen molar-refractivity contribution >= 4 is 39.9 Å². The molecule has 1 aliphatic carbocycles. The summed E-state index contributed by atoms with van der Waals surface area (Å²) in [5.41, 5.74) is 2.22. The van der Waals surface area contributed by atoms with Gasteiger partial charge in [0.2, 0.25) is 0 Å². The molecule has 6 heteroatoms. The van der Waals surface area contributed by atoms with Gasteiger partial charge in [-0.1, -0.05) is 30.9 Å². The van der Waals surface area contributed by atoms with E-state index in [1.807, 2.05) is 12.1 Å².